The average Bonchev–Trinajstić information content (AvgIpc) is 2.07. The van der Waals surface area contributed by atoms with Crippen LogP contribution in [0.15, 0.2) is 0 Å². The van der Waals surface area contributed by atoms with Gasteiger partial charge in [0.1, 0.15) is 0 Å². The summed E-state index contributed by atoms with van der Waals surface area (Å²) in [6.45, 7) is 8.19. The molecule has 0 bridgehead atoms. The van der Waals surface area contributed by atoms with E-state index in [-0.39, 0.29) is 11.9 Å². The summed E-state index contributed by atoms with van der Waals surface area (Å²) in [6.07, 6.45) is 2.82. The third kappa shape index (κ3) is 2.17. The summed E-state index contributed by atoms with van der Waals surface area (Å²) in [7, 11) is 0. The zero-order valence-corrected chi connectivity index (χ0v) is 7.89. The van der Waals surface area contributed by atoms with Crippen LogP contribution in [0.5, 0.6) is 0 Å². The maximum Gasteiger partial charge on any atom is 0.163 e. The maximum atomic E-state index is 5.68. The van der Waals surface area contributed by atoms with Crippen molar-refractivity contribution in [3.63, 3.8) is 0 Å². The molecule has 0 aliphatic carbocycles. The van der Waals surface area contributed by atoms with Crippen LogP contribution in [0.2, 0.25) is 0 Å². The lowest BCUT2D eigenvalue weighted by Crippen LogP contribution is -2.21. The molecule has 0 aromatic rings. The van der Waals surface area contributed by atoms with Crippen molar-refractivity contribution in [3.05, 3.63) is 0 Å². The molecule has 0 radical (unpaired) electrons. The summed E-state index contributed by atoms with van der Waals surface area (Å²) in [5, 5.41) is 0. The van der Waals surface area contributed by atoms with E-state index in [9.17, 15) is 0 Å². The molecule has 2 atom stereocenters. The van der Waals surface area contributed by atoms with Gasteiger partial charge in [-0.25, -0.2) is 0 Å². The second-order valence-electron chi connectivity index (χ2n) is 3.67. The molecule has 1 saturated heterocycles. The Kier molecular flexibility index (Phi) is 2.55. The molecule has 1 fully saturated rings. The fourth-order valence-corrected chi connectivity index (χ4v) is 1.59. The summed E-state index contributed by atoms with van der Waals surface area (Å²) >= 11 is 0. The summed E-state index contributed by atoms with van der Waals surface area (Å²) in [5.41, 5.74) is 0. The quantitative estimate of drug-likeness (QED) is 0.614. The van der Waals surface area contributed by atoms with Crippen molar-refractivity contribution in [3.8, 4) is 0 Å². The van der Waals surface area contributed by atoms with Gasteiger partial charge in [-0.15, -0.1) is 0 Å². The van der Waals surface area contributed by atoms with Crippen LogP contribution in [-0.4, -0.2) is 18.0 Å². The summed E-state index contributed by atoms with van der Waals surface area (Å²) in [5.74, 6) is -0.362. The number of rotatable bonds is 2. The second-order valence-corrected chi connectivity index (χ2v) is 3.67. The van der Waals surface area contributed by atoms with Gasteiger partial charge in [-0.3, -0.25) is 0 Å². The van der Waals surface area contributed by atoms with Crippen molar-refractivity contribution >= 4 is 0 Å². The molecule has 0 spiro atoms. The topological polar surface area (TPSA) is 18.5 Å². The molecule has 0 unspecified atom stereocenters. The lowest BCUT2D eigenvalue weighted by atomic mass is 10.1. The monoisotopic (exact) mass is 158 g/mol. The van der Waals surface area contributed by atoms with E-state index in [1.54, 1.807) is 0 Å². The number of ether oxygens (including phenoxy) is 2. The fraction of sp³-hybridized carbons (Fsp3) is 1.00. The van der Waals surface area contributed by atoms with E-state index in [4.69, 9.17) is 9.47 Å². The maximum absolute atomic E-state index is 5.68. The van der Waals surface area contributed by atoms with Crippen molar-refractivity contribution in [1.29, 1.82) is 0 Å². The van der Waals surface area contributed by atoms with Gasteiger partial charge in [0.05, 0.1) is 12.2 Å². The molecule has 1 aliphatic rings. The molecular formula is C9H18O2. The third-order valence-corrected chi connectivity index (χ3v) is 2.00. The molecule has 0 N–H and O–H groups in total. The molecule has 1 heterocycles. The predicted molar refractivity (Wildman–Crippen MR) is 44.4 cm³/mol. The smallest absolute Gasteiger partial charge is 0.163 e. The van der Waals surface area contributed by atoms with E-state index in [0.717, 1.165) is 12.8 Å². The van der Waals surface area contributed by atoms with Gasteiger partial charge in [-0.05, 0) is 27.2 Å². The van der Waals surface area contributed by atoms with Crippen LogP contribution < -0.4 is 0 Å². The Morgan fingerprint density at radius 3 is 2.27 bits per heavy atom. The van der Waals surface area contributed by atoms with Gasteiger partial charge in [0.2, 0.25) is 0 Å². The van der Waals surface area contributed by atoms with Gasteiger partial charge >= 0.3 is 0 Å². The Hall–Kier alpha value is -0.0800. The SMILES string of the molecule is CCC[C@H]1OC(C)(C)O[C@@H]1C. The Labute approximate surface area is 68.9 Å². The average molecular weight is 158 g/mol. The molecule has 11 heavy (non-hydrogen) atoms. The van der Waals surface area contributed by atoms with Crippen LogP contribution in [0.3, 0.4) is 0 Å². The van der Waals surface area contributed by atoms with Gasteiger partial charge < -0.3 is 9.47 Å². The van der Waals surface area contributed by atoms with E-state index in [1.165, 1.54) is 0 Å². The van der Waals surface area contributed by atoms with Crippen LogP contribution in [0, 0.1) is 0 Å². The van der Waals surface area contributed by atoms with Crippen LogP contribution in [0.1, 0.15) is 40.5 Å². The minimum atomic E-state index is -0.362. The first-order valence-electron chi connectivity index (χ1n) is 4.41. The Bertz CT molecular complexity index is 132. The third-order valence-electron chi connectivity index (χ3n) is 2.00. The number of hydrogen-bond donors (Lipinski definition) is 0. The van der Waals surface area contributed by atoms with Crippen LogP contribution in [-0.2, 0) is 9.47 Å². The summed E-state index contributed by atoms with van der Waals surface area (Å²) < 4.78 is 11.3. The highest BCUT2D eigenvalue weighted by Crippen LogP contribution is 2.29. The lowest BCUT2D eigenvalue weighted by molar-refractivity contribution is -0.145. The first kappa shape index (κ1) is 9.01. The fourth-order valence-electron chi connectivity index (χ4n) is 1.59. The Balaban J connectivity index is 2.45. The summed E-state index contributed by atoms with van der Waals surface area (Å²) in [6, 6.07) is 0. The van der Waals surface area contributed by atoms with Gasteiger partial charge in [0.15, 0.2) is 5.79 Å². The summed E-state index contributed by atoms with van der Waals surface area (Å²) in [4.78, 5) is 0. The van der Waals surface area contributed by atoms with Crippen molar-refractivity contribution in [2.75, 3.05) is 0 Å². The van der Waals surface area contributed by atoms with E-state index in [0.29, 0.717) is 6.10 Å². The molecule has 1 aliphatic heterocycles. The zero-order chi connectivity index (χ0) is 8.48. The van der Waals surface area contributed by atoms with Crippen molar-refractivity contribution in [2.45, 2.75) is 58.5 Å². The Morgan fingerprint density at radius 1 is 1.27 bits per heavy atom. The molecule has 0 amide bonds. The van der Waals surface area contributed by atoms with E-state index in [1.807, 2.05) is 13.8 Å². The van der Waals surface area contributed by atoms with Gasteiger partial charge in [0.25, 0.3) is 0 Å². The minimum absolute atomic E-state index is 0.255. The van der Waals surface area contributed by atoms with Crippen LogP contribution in [0.4, 0.5) is 0 Å². The van der Waals surface area contributed by atoms with E-state index < -0.39 is 0 Å². The highest BCUT2D eigenvalue weighted by atomic mass is 16.7. The second kappa shape index (κ2) is 3.11. The molecule has 0 aromatic carbocycles. The normalized spacial score (nSPS) is 36.0. The molecule has 2 nitrogen and oxygen atoms in total. The zero-order valence-electron chi connectivity index (χ0n) is 7.89. The van der Waals surface area contributed by atoms with Crippen molar-refractivity contribution in [2.24, 2.45) is 0 Å². The van der Waals surface area contributed by atoms with Crippen molar-refractivity contribution < 1.29 is 9.47 Å². The minimum Gasteiger partial charge on any atom is -0.345 e. The predicted octanol–water partition coefficient (Wildman–Crippen LogP) is 2.33. The van der Waals surface area contributed by atoms with Gasteiger partial charge in [0, 0.05) is 0 Å². The van der Waals surface area contributed by atoms with Gasteiger partial charge in [-0.2, -0.15) is 0 Å². The van der Waals surface area contributed by atoms with Gasteiger partial charge in [-0.1, -0.05) is 13.3 Å². The standard InChI is InChI=1S/C9H18O2/c1-5-6-8-7(2)10-9(3,4)11-8/h7-8H,5-6H2,1-4H3/t7-,8-/m1/s1. The van der Waals surface area contributed by atoms with Crippen molar-refractivity contribution in [1.82, 2.24) is 0 Å². The molecule has 66 valence electrons. The van der Waals surface area contributed by atoms with Crippen LogP contribution in [0.25, 0.3) is 0 Å². The highest BCUT2D eigenvalue weighted by Gasteiger charge is 2.37. The van der Waals surface area contributed by atoms with E-state index >= 15 is 0 Å². The largest absolute Gasteiger partial charge is 0.345 e. The molecule has 0 saturated carbocycles. The highest BCUT2D eigenvalue weighted by molar-refractivity contribution is 4.77. The lowest BCUT2D eigenvalue weighted by Gasteiger charge is -2.16. The number of hydrogen-bond acceptors (Lipinski definition) is 2. The van der Waals surface area contributed by atoms with E-state index in [2.05, 4.69) is 13.8 Å². The molecule has 0 aromatic heterocycles. The molecular weight excluding hydrogens is 140 g/mol. The van der Waals surface area contributed by atoms with Crippen LogP contribution >= 0.6 is 0 Å². The molecule has 2 heteroatoms. The Morgan fingerprint density at radius 2 is 1.91 bits per heavy atom. The first-order chi connectivity index (χ1) is 5.05. The first-order valence-corrected chi connectivity index (χ1v) is 4.41. The molecule has 1 rings (SSSR count).